The summed E-state index contributed by atoms with van der Waals surface area (Å²) in [6.07, 6.45) is 3.67. The fraction of sp³-hybridized carbons (Fsp3) is 0.567. The molecule has 1 heterocycles. The number of para-hydroxylation sites is 1. The highest BCUT2D eigenvalue weighted by Crippen LogP contribution is 2.35. The van der Waals surface area contributed by atoms with Crippen LogP contribution in [0.5, 0.6) is 0 Å². The van der Waals surface area contributed by atoms with Gasteiger partial charge in [0.1, 0.15) is 6.04 Å². The largest absolute Gasteiger partial charge is 0.478 e. The first-order valence-corrected chi connectivity index (χ1v) is 13.2. The predicted octanol–water partition coefficient (Wildman–Crippen LogP) is 4.09. The lowest BCUT2D eigenvalue weighted by Gasteiger charge is -2.39. The molecule has 38 heavy (non-hydrogen) atoms. The van der Waals surface area contributed by atoms with Crippen LogP contribution in [-0.2, 0) is 26.8 Å². The average Bonchev–Trinajstić information content (AvgIpc) is 3.16. The highest BCUT2D eigenvalue weighted by Gasteiger charge is 2.42. The van der Waals surface area contributed by atoms with E-state index in [2.05, 4.69) is 33.5 Å². The van der Waals surface area contributed by atoms with Crippen LogP contribution < -0.4 is 10.6 Å². The number of aryl methyl sites for hydroxylation is 1. The Morgan fingerprint density at radius 3 is 2.13 bits per heavy atom. The van der Waals surface area contributed by atoms with Crippen LogP contribution in [0, 0.1) is 11.3 Å². The molecule has 0 bridgehead atoms. The molecule has 0 fully saturated rings. The number of nitrogens with one attached hydrogen (secondary N) is 2. The van der Waals surface area contributed by atoms with Gasteiger partial charge in [-0.15, -0.1) is 0 Å². The van der Waals surface area contributed by atoms with Crippen molar-refractivity contribution < 1.29 is 19.5 Å². The third-order valence-electron chi connectivity index (χ3n) is 7.50. The van der Waals surface area contributed by atoms with E-state index >= 15 is 0 Å². The Morgan fingerprint density at radius 2 is 1.63 bits per heavy atom. The third kappa shape index (κ3) is 6.46. The van der Waals surface area contributed by atoms with E-state index < -0.39 is 34.9 Å². The van der Waals surface area contributed by atoms with E-state index in [1.165, 1.54) is 6.92 Å². The molecule has 1 aromatic heterocycles. The molecule has 2 aromatic rings. The molecular formula is C30H46N4O4. The second-order valence-electron chi connectivity index (χ2n) is 12.3. The Kier molecular flexibility index (Phi) is 9.59. The quantitative estimate of drug-likeness (QED) is 0.405. The molecule has 2 rings (SSSR count). The van der Waals surface area contributed by atoms with Gasteiger partial charge < -0.3 is 25.2 Å². The summed E-state index contributed by atoms with van der Waals surface area (Å²) in [5.74, 6) is -1.59. The van der Waals surface area contributed by atoms with Crippen molar-refractivity contribution in [2.75, 3.05) is 14.1 Å². The van der Waals surface area contributed by atoms with Crippen molar-refractivity contribution in [3.05, 3.63) is 47.7 Å². The molecule has 0 unspecified atom stereocenters. The van der Waals surface area contributed by atoms with Gasteiger partial charge >= 0.3 is 5.97 Å². The fourth-order valence-corrected chi connectivity index (χ4v) is 5.13. The molecule has 8 heteroatoms. The number of carbonyl (C=O) groups excluding carboxylic acids is 2. The molecule has 0 saturated heterocycles. The number of fused-ring (bicyclic) bond motifs is 1. The van der Waals surface area contributed by atoms with Gasteiger partial charge in [-0.3, -0.25) is 9.59 Å². The molecule has 0 radical (unpaired) electrons. The first kappa shape index (κ1) is 31.1. The van der Waals surface area contributed by atoms with Crippen molar-refractivity contribution in [1.29, 1.82) is 0 Å². The SMILES string of the molecule is CN[C@H](C(=O)N[C@H](C(=O)N(C)[C@H](/C=C(\C)C(=O)O)C(C)C)C(C)(C)C)C(C)(C)c1cn(C)c2ccccc12. The van der Waals surface area contributed by atoms with Crippen molar-refractivity contribution >= 4 is 28.7 Å². The maximum atomic E-state index is 13.9. The number of likely N-dealkylation sites (N-methyl/N-ethyl adjacent to an activating group) is 2. The predicted molar refractivity (Wildman–Crippen MR) is 153 cm³/mol. The number of benzene rings is 1. The van der Waals surface area contributed by atoms with Crippen molar-refractivity contribution in [2.24, 2.45) is 18.4 Å². The van der Waals surface area contributed by atoms with Crippen molar-refractivity contribution in [3.63, 3.8) is 0 Å². The van der Waals surface area contributed by atoms with Crippen LogP contribution in [0.3, 0.4) is 0 Å². The molecule has 210 valence electrons. The zero-order chi connectivity index (χ0) is 29.2. The van der Waals surface area contributed by atoms with Crippen LogP contribution in [0.4, 0.5) is 0 Å². The van der Waals surface area contributed by atoms with Crippen LogP contribution in [0.1, 0.15) is 61.0 Å². The van der Waals surface area contributed by atoms with E-state index in [0.29, 0.717) is 0 Å². The van der Waals surface area contributed by atoms with Gasteiger partial charge in [0.25, 0.3) is 0 Å². The highest BCUT2D eigenvalue weighted by molar-refractivity contribution is 5.93. The number of nitrogens with zero attached hydrogens (tertiary/aromatic N) is 2. The average molecular weight is 527 g/mol. The zero-order valence-electron chi connectivity index (χ0n) is 24.8. The number of amides is 2. The number of carboxylic acid groups (broad SMARTS) is 1. The Bertz CT molecular complexity index is 1200. The van der Waals surface area contributed by atoms with E-state index in [4.69, 9.17) is 0 Å². The van der Waals surface area contributed by atoms with Gasteiger partial charge in [-0.1, -0.05) is 72.7 Å². The summed E-state index contributed by atoms with van der Waals surface area (Å²) in [7, 11) is 5.41. The minimum absolute atomic E-state index is 0.0232. The summed E-state index contributed by atoms with van der Waals surface area (Å²) in [5.41, 5.74) is 1.11. The topological polar surface area (TPSA) is 104 Å². The fourth-order valence-electron chi connectivity index (χ4n) is 5.13. The Labute approximate surface area is 227 Å². The second-order valence-corrected chi connectivity index (χ2v) is 12.3. The van der Waals surface area contributed by atoms with Crippen molar-refractivity contribution in [2.45, 2.75) is 78.9 Å². The first-order valence-electron chi connectivity index (χ1n) is 13.2. The standard InChI is InChI=1S/C30H46N4O4/c1-18(2)23(16-19(3)28(37)38)34(11)27(36)25(29(4,5)6)32-26(35)24(31-9)30(7,8)21-17-33(10)22-15-13-12-14-20(21)22/h12-18,23-25,31H,1-11H3,(H,32,35)(H,37,38)/b19-16+/t23-,24-,25-/m1/s1. The normalized spacial score (nSPS) is 15.3. The molecule has 3 N–H and O–H groups in total. The van der Waals surface area contributed by atoms with Gasteiger partial charge in [-0.05, 0) is 36.9 Å². The van der Waals surface area contributed by atoms with Gasteiger partial charge in [-0.2, -0.15) is 0 Å². The van der Waals surface area contributed by atoms with E-state index in [9.17, 15) is 19.5 Å². The van der Waals surface area contributed by atoms with E-state index in [0.717, 1.165) is 16.5 Å². The summed E-state index contributed by atoms with van der Waals surface area (Å²) in [5, 5.41) is 16.7. The van der Waals surface area contributed by atoms with Crippen molar-refractivity contribution in [1.82, 2.24) is 20.1 Å². The number of aromatic nitrogens is 1. The lowest BCUT2D eigenvalue weighted by atomic mass is 9.76. The number of hydrogen-bond donors (Lipinski definition) is 3. The summed E-state index contributed by atoms with van der Waals surface area (Å²) in [6.45, 7) is 15.2. The Balaban J connectivity index is 2.43. The third-order valence-corrected chi connectivity index (χ3v) is 7.50. The molecule has 0 aliphatic heterocycles. The summed E-state index contributed by atoms with van der Waals surface area (Å²) >= 11 is 0. The molecule has 0 aliphatic rings. The summed E-state index contributed by atoms with van der Waals surface area (Å²) in [6, 6.07) is 6.23. The number of aliphatic carboxylic acids is 1. The summed E-state index contributed by atoms with van der Waals surface area (Å²) < 4.78 is 2.06. The van der Waals surface area contributed by atoms with Gasteiger partial charge in [0.15, 0.2) is 0 Å². The molecule has 1 aromatic carbocycles. The zero-order valence-corrected chi connectivity index (χ0v) is 24.8. The number of carbonyl (C=O) groups is 3. The minimum Gasteiger partial charge on any atom is -0.478 e. The van der Waals surface area contributed by atoms with Crippen LogP contribution in [0.25, 0.3) is 10.9 Å². The monoisotopic (exact) mass is 526 g/mol. The number of hydrogen-bond acceptors (Lipinski definition) is 4. The minimum atomic E-state index is -1.02. The maximum Gasteiger partial charge on any atom is 0.331 e. The maximum absolute atomic E-state index is 13.9. The molecular weight excluding hydrogens is 480 g/mol. The molecule has 0 spiro atoms. The van der Waals surface area contributed by atoms with Gasteiger partial charge in [0, 0.05) is 42.2 Å². The van der Waals surface area contributed by atoms with E-state index in [1.807, 2.05) is 67.6 Å². The smallest absolute Gasteiger partial charge is 0.331 e. The lowest BCUT2D eigenvalue weighted by Crippen LogP contribution is -2.61. The van der Waals surface area contributed by atoms with Crippen LogP contribution in [0.2, 0.25) is 0 Å². The lowest BCUT2D eigenvalue weighted by molar-refractivity contribution is -0.141. The van der Waals surface area contributed by atoms with E-state index in [1.54, 1.807) is 25.1 Å². The van der Waals surface area contributed by atoms with Gasteiger partial charge in [-0.25, -0.2) is 4.79 Å². The van der Waals surface area contributed by atoms with Gasteiger partial charge in [0.05, 0.1) is 12.1 Å². The van der Waals surface area contributed by atoms with Crippen LogP contribution in [0.15, 0.2) is 42.1 Å². The number of rotatable bonds is 10. The molecule has 2 amide bonds. The summed E-state index contributed by atoms with van der Waals surface area (Å²) in [4.78, 5) is 40.7. The second kappa shape index (κ2) is 11.7. The molecule has 0 aliphatic carbocycles. The van der Waals surface area contributed by atoms with Crippen molar-refractivity contribution in [3.8, 4) is 0 Å². The van der Waals surface area contributed by atoms with E-state index in [-0.39, 0.29) is 23.3 Å². The molecule has 8 nitrogen and oxygen atoms in total. The Morgan fingerprint density at radius 1 is 1.05 bits per heavy atom. The van der Waals surface area contributed by atoms with Crippen LogP contribution >= 0.6 is 0 Å². The molecule has 3 atom stereocenters. The molecule has 0 saturated carbocycles. The first-order chi connectivity index (χ1) is 17.4. The number of carboxylic acids is 1. The Hall–Kier alpha value is -3.13. The van der Waals surface area contributed by atoms with Gasteiger partial charge in [0.2, 0.25) is 11.8 Å². The highest BCUT2D eigenvalue weighted by atomic mass is 16.4. The van der Waals surface area contributed by atoms with Crippen LogP contribution in [-0.4, -0.2) is 64.6 Å².